The second kappa shape index (κ2) is 6.19. The molecule has 1 saturated heterocycles. The Balaban J connectivity index is 2.03. The fraction of sp³-hybridized carbons (Fsp3) is 0.250. The largest absolute Gasteiger partial charge is 0.399 e. The number of sulfone groups is 1. The number of benzene rings is 2. The predicted octanol–water partition coefficient (Wildman–Crippen LogP) is 1.89. The van der Waals surface area contributed by atoms with Crippen molar-refractivity contribution in [2.75, 3.05) is 18.8 Å². The van der Waals surface area contributed by atoms with Crippen molar-refractivity contribution in [3.63, 3.8) is 0 Å². The molecule has 1 aliphatic rings. The molecule has 128 valence electrons. The Labute approximate surface area is 141 Å². The van der Waals surface area contributed by atoms with Gasteiger partial charge in [0, 0.05) is 18.8 Å². The number of nitrogens with zero attached hydrogens (tertiary/aromatic N) is 1. The third-order valence-corrected chi connectivity index (χ3v) is 7.67. The summed E-state index contributed by atoms with van der Waals surface area (Å²) in [7, 11) is -7.46. The highest BCUT2D eigenvalue weighted by Crippen LogP contribution is 2.26. The summed E-state index contributed by atoms with van der Waals surface area (Å²) in [5.41, 5.74) is 6.04. The minimum Gasteiger partial charge on any atom is -0.399 e. The summed E-state index contributed by atoms with van der Waals surface area (Å²) < 4.78 is 52.0. The van der Waals surface area contributed by atoms with Crippen LogP contribution in [0.5, 0.6) is 0 Å². The van der Waals surface area contributed by atoms with Gasteiger partial charge in [-0.2, -0.15) is 4.31 Å². The van der Waals surface area contributed by atoms with Crippen molar-refractivity contribution in [1.29, 1.82) is 0 Å². The SMILES string of the molecule is Nc1ccc(S(=O)(=O)c2cccc(S(=O)(=O)N3CCCC3)c2)cc1. The normalized spacial score (nSPS) is 16.3. The molecule has 2 aromatic rings. The van der Waals surface area contributed by atoms with E-state index in [1.165, 1.54) is 52.8 Å². The van der Waals surface area contributed by atoms with Crippen LogP contribution in [-0.4, -0.2) is 34.2 Å². The molecule has 6 nitrogen and oxygen atoms in total. The van der Waals surface area contributed by atoms with Crippen molar-refractivity contribution in [1.82, 2.24) is 4.31 Å². The lowest BCUT2D eigenvalue weighted by atomic mass is 10.3. The van der Waals surface area contributed by atoms with Gasteiger partial charge in [0.1, 0.15) is 0 Å². The molecule has 0 bridgehead atoms. The van der Waals surface area contributed by atoms with Crippen molar-refractivity contribution in [3.05, 3.63) is 48.5 Å². The van der Waals surface area contributed by atoms with E-state index in [1.54, 1.807) is 0 Å². The van der Waals surface area contributed by atoms with Gasteiger partial charge in [0.25, 0.3) is 0 Å². The average molecular weight is 366 g/mol. The number of rotatable bonds is 4. The highest BCUT2D eigenvalue weighted by atomic mass is 32.2. The van der Waals surface area contributed by atoms with Gasteiger partial charge in [0.2, 0.25) is 19.9 Å². The van der Waals surface area contributed by atoms with E-state index >= 15 is 0 Å². The summed E-state index contributed by atoms with van der Waals surface area (Å²) in [6.07, 6.45) is 1.64. The first kappa shape index (κ1) is 16.9. The van der Waals surface area contributed by atoms with E-state index < -0.39 is 19.9 Å². The molecule has 8 heteroatoms. The molecule has 0 aromatic heterocycles. The van der Waals surface area contributed by atoms with Gasteiger partial charge < -0.3 is 5.73 Å². The third-order valence-electron chi connectivity index (χ3n) is 4.01. The first-order chi connectivity index (χ1) is 11.3. The lowest BCUT2D eigenvalue weighted by Crippen LogP contribution is -2.28. The molecule has 2 N–H and O–H groups in total. The van der Waals surface area contributed by atoms with Crippen LogP contribution in [0.3, 0.4) is 0 Å². The molecule has 0 atom stereocenters. The Morgan fingerprint density at radius 1 is 0.792 bits per heavy atom. The van der Waals surface area contributed by atoms with E-state index in [2.05, 4.69) is 0 Å². The molecule has 0 radical (unpaired) electrons. The Kier molecular flexibility index (Phi) is 4.37. The van der Waals surface area contributed by atoms with E-state index in [9.17, 15) is 16.8 Å². The summed E-state index contributed by atoms with van der Waals surface area (Å²) >= 11 is 0. The zero-order chi connectivity index (χ0) is 17.4. The van der Waals surface area contributed by atoms with E-state index in [1.807, 2.05) is 0 Å². The first-order valence-corrected chi connectivity index (χ1v) is 10.4. The Bertz CT molecular complexity index is 946. The fourth-order valence-corrected chi connectivity index (χ4v) is 5.61. The van der Waals surface area contributed by atoms with E-state index in [4.69, 9.17) is 5.73 Å². The smallest absolute Gasteiger partial charge is 0.243 e. The summed E-state index contributed by atoms with van der Waals surface area (Å²) in [6.45, 7) is 0.939. The van der Waals surface area contributed by atoms with E-state index in [-0.39, 0.29) is 14.7 Å². The molecule has 3 rings (SSSR count). The number of hydrogen-bond acceptors (Lipinski definition) is 5. The fourth-order valence-electron chi connectivity index (χ4n) is 2.66. The average Bonchev–Trinajstić information content (AvgIpc) is 3.11. The molecule has 0 unspecified atom stereocenters. The second-order valence-corrected chi connectivity index (χ2v) is 9.55. The van der Waals surface area contributed by atoms with Crippen LogP contribution in [0.2, 0.25) is 0 Å². The molecule has 0 amide bonds. The van der Waals surface area contributed by atoms with Crippen LogP contribution in [0.15, 0.2) is 63.2 Å². The van der Waals surface area contributed by atoms with Crippen LogP contribution in [0, 0.1) is 0 Å². The quantitative estimate of drug-likeness (QED) is 0.833. The van der Waals surface area contributed by atoms with Crippen molar-refractivity contribution >= 4 is 25.5 Å². The number of nitrogens with two attached hydrogens (primary N) is 1. The van der Waals surface area contributed by atoms with Crippen LogP contribution in [0.25, 0.3) is 0 Å². The molecule has 1 aliphatic heterocycles. The third kappa shape index (κ3) is 3.04. The van der Waals surface area contributed by atoms with Gasteiger partial charge in [0.15, 0.2) is 0 Å². The summed E-state index contributed by atoms with van der Waals surface area (Å²) in [4.78, 5) is 0.0286. The first-order valence-electron chi connectivity index (χ1n) is 7.53. The van der Waals surface area contributed by atoms with Gasteiger partial charge in [-0.25, -0.2) is 16.8 Å². The highest BCUT2D eigenvalue weighted by Gasteiger charge is 2.28. The number of nitrogen functional groups attached to an aromatic ring is 1. The van der Waals surface area contributed by atoms with Gasteiger partial charge in [-0.05, 0) is 55.3 Å². The maximum atomic E-state index is 12.7. The Morgan fingerprint density at radius 3 is 2.00 bits per heavy atom. The number of anilines is 1. The minimum absolute atomic E-state index is 0.000852. The van der Waals surface area contributed by atoms with Gasteiger partial charge in [-0.3, -0.25) is 0 Å². The Hall–Kier alpha value is -1.90. The van der Waals surface area contributed by atoms with Gasteiger partial charge in [-0.15, -0.1) is 0 Å². The van der Waals surface area contributed by atoms with Crippen LogP contribution in [0.1, 0.15) is 12.8 Å². The summed E-state index contributed by atoms with van der Waals surface area (Å²) in [6, 6.07) is 11.3. The van der Waals surface area contributed by atoms with Gasteiger partial charge in [0.05, 0.1) is 14.7 Å². The van der Waals surface area contributed by atoms with Crippen molar-refractivity contribution in [2.24, 2.45) is 0 Å². The van der Waals surface area contributed by atoms with Crippen molar-refractivity contribution in [2.45, 2.75) is 27.5 Å². The standard InChI is InChI=1S/C16H18N2O4S2/c17-13-6-8-14(9-7-13)23(19,20)15-4-3-5-16(12-15)24(21,22)18-10-1-2-11-18/h3-9,12H,1-2,10-11,17H2. The highest BCUT2D eigenvalue weighted by molar-refractivity contribution is 7.91. The maximum absolute atomic E-state index is 12.7. The molecule has 1 heterocycles. The zero-order valence-corrected chi connectivity index (χ0v) is 14.6. The predicted molar refractivity (Wildman–Crippen MR) is 90.7 cm³/mol. The molecule has 0 spiro atoms. The molecule has 2 aromatic carbocycles. The lowest BCUT2D eigenvalue weighted by molar-refractivity contribution is 0.477. The van der Waals surface area contributed by atoms with Crippen LogP contribution >= 0.6 is 0 Å². The molecule has 0 saturated carbocycles. The Morgan fingerprint density at radius 2 is 1.38 bits per heavy atom. The summed E-state index contributed by atoms with van der Waals surface area (Å²) in [5.74, 6) is 0. The van der Waals surface area contributed by atoms with E-state index in [0.717, 1.165) is 12.8 Å². The van der Waals surface area contributed by atoms with Crippen LogP contribution in [-0.2, 0) is 19.9 Å². The molecular formula is C16H18N2O4S2. The van der Waals surface area contributed by atoms with Crippen molar-refractivity contribution in [3.8, 4) is 0 Å². The lowest BCUT2D eigenvalue weighted by Gasteiger charge is -2.16. The number of hydrogen-bond donors (Lipinski definition) is 1. The molecule has 24 heavy (non-hydrogen) atoms. The molecule has 1 fully saturated rings. The minimum atomic E-state index is -3.80. The zero-order valence-electron chi connectivity index (χ0n) is 12.9. The van der Waals surface area contributed by atoms with Crippen LogP contribution in [0.4, 0.5) is 5.69 Å². The van der Waals surface area contributed by atoms with Crippen molar-refractivity contribution < 1.29 is 16.8 Å². The van der Waals surface area contributed by atoms with Crippen LogP contribution < -0.4 is 5.73 Å². The maximum Gasteiger partial charge on any atom is 0.243 e. The number of sulfonamides is 1. The summed E-state index contributed by atoms with van der Waals surface area (Å²) in [5, 5.41) is 0. The molecular weight excluding hydrogens is 348 g/mol. The topological polar surface area (TPSA) is 97.5 Å². The molecule has 0 aliphatic carbocycles. The second-order valence-electron chi connectivity index (χ2n) is 5.66. The van der Waals surface area contributed by atoms with E-state index in [0.29, 0.717) is 18.8 Å². The van der Waals surface area contributed by atoms with Gasteiger partial charge >= 0.3 is 0 Å². The van der Waals surface area contributed by atoms with Gasteiger partial charge in [-0.1, -0.05) is 6.07 Å². The monoisotopic (exact) mass is 366 g/mol.